The second-order valence-electron chi connectivity index (χ2n) is 5.79. The first-order chi connectivity index (χ1) is 12.9. The standard InChI is InChI=1S/C20H20N2O5/c1-13(23)21-16(12-14-8-4-2-5-9-14)19(25)22-17(20(26)27)18(24)15-10-6-3-7-11-15/h2-12,17-18,24H,1H3,(H,21,23)(H,22,25)(H,26,27)/t17-,18?/m0/s1. The maximum Gasteiger partial charge on any atom is 0.329 e. The highest BCUT2D eigenvalue weighted by Crippen LogP contribution is 2.17. The van der Waals surface area contributed by atoms with Crippen molar-refractivity contribution < 1.29 is 24.6 Å². The molecule has 0 aromatic heterocycles. The summed E-state index contributed by atoms with van der Waals surface area (Å²) in [5.41, 5.74) is 0.866. The molecule has 0 aliphatic heterocycles. The molecular weight excluding hydrogens is 348 g/mol. The molecule has 2 atom stereocenters. The van der Waals surface area contributed by atoms with Gasteiger partial charge in [0.25, 0.3) is 5.91 Å². The number of hydrogen-bond acceptors (Lipinski definition) is 4. The Morgan fingerprint density at radius 2 is 1.52 bits per heavy atom. The van der Waals surface area contributed by atoms with Crippen LogP contribution in [0, 0.1) is 0 Å². The van der Waals surface area contributed by atoms with E-state index in [9.17, 15) is 24.6 Å². The van der Waals surface area contributed by atoms with E-state index in [1.165, 1.54) is 13.0 Å². The monoisotopic (exact) mass is 368 g/mol. The molecule has 2 aromatic rings. The molecule has 2 amide bonds. The number of rotatable bonds is 7. The lowest BCUT2D eigenvalue weighted by atomic mass is 10.0. The summed E-state index contributed by atoms with van der Waals surface area (Å²) in [5.74, 6) is -2.71. The predicted octanol–water partition coefficient (Wildman–Crippen LogP) is 1.47. The summed E-state index contributed by atoms with van der Waals surface area (Å²) in [7, 11) is 0. The van der Waals surface area contributed by atoms with Gasteiger partial charge in [-0.1, -0.05) is 60.7 Å². The number of carbonyl (C=O) groups excluding carboxylic acids is 2. The quantitative estimate of drug-likeness (QED) is 0.552. The van der Waals surface area contributed by atoms with Crippen molar-refractivity contribution in [3.05, 3.63) is 77.5 Å². The van der Waals surface area contributed by atoms with Crippen molar-refractivity contribution in [2.24, 2.45) is 0 Å². The van der Waals surface area contributed by atoms with Gasteiger partial charge in [-0.3, -0.25) is 9.59 Å². The first kappa shape index (κ1) is 19.9. The molecule has 7 nitrogen and oxygen atoms in total. The summed E-state index contributed by atoms with van der Waals surface area (Å²) in [6.45, 7) is 1.24. The summed E-state index contributed by atoms with van der Waals surface area (Å²) < 4.78 is 0. The molecule has 0 spiro atoms. The number of hydrogen-bond donors (Lipinski definition) is 4. The van der Waals surface area contributed by atoms with E-state index in [-0.39, 0.29) is 5.70 Å². The molecule has 2 rings (SSSR count). The zero-order valence-electron chi connectivity index (χ0n) is 14.6. The summed E-state index contributed by atoms with van der Waals surface area (Å²) in [5, 5.41) is 24.4. The van der Waals surface area contributed by atoms with Gasteiger partial charge in [0.1, 0.15) is 11.8 Å². The lowest BCUT2D eigenvalue weighted by Gasteiger charge is -2.21. The highest BCUT2D eigenvalue weighted by Gasteiger charge is 2.30. The average molecular weight is 368 g/mol. The number of carboxylic acid groups (broad SMARTS) is 1. The molecule has 27 heavy (non-hydrogen) atoms. The first-order valence-electron chi connectivity index (χ1n) is 8.19. The minimum absolute atomic E-state index is 0.125. The van der Waals surface area contributed by atoms with Crippen LogP contribution in [-0.4, -0.2) is 34.0 Å². The molecule has 0 fully saturated rings. The van der Waals surface area contributed by atoms with Gasteiger partial charge in [-0.2, -0.15) is 0 Å². The fourth-order valence-corrected chi connectivity index (χ4v) is 2.40. The summed E-state index contributed by atoms with van der Waals surface area (Å²) in [6.07, 6.45) is -0.0344. The molecule has 7 heteroatoms. The van der Waals surface area contributed by atoms with Crippen LogP contribution in [0.1, 0.15) is 24.2 Å². The van der Waals surface area contributed by atoms with Gasteiger partial charge in [-0.25, -0.2) is 4.79 Å². The van der Waals surface area contributed by atoms with E-state index < -0.39 is 29.9 Å². The van der Waals surface area contributed by atoms with Crippen molar-refractivity contribution in [3.63, 3.8) is 0 Å². The van der Waals surface area contributed by atoms with Crippen molar-refractivity contribution >= 4 is 23.9 Å². The third-order valence-corrected chi connectivity index (χ3v) is 3.68. The molecule has 0 radical (unpaired) electrons. The molecule has 140 valence electrons. The number of benzene rings is 2. The lowest BCUT2D eigenvalue weighted by Crippen LogP contribution is -2.47. The number of aliphatic hydroxyl groups is 1. The highest BCUT2D eigenvalue weighted by atomic mass is 16.4. The normalized spacial score (nSPS) is 13.3. The van der Waals surface area contributed by atoms with Crippen LogP contribution in [0.25, 0.3) is 6.08 Å². The van der Waals surface area contributed by atoms with Crippen molar-refractivity contribution in [2.45, 2.75) is 19.1 Å². The van der Waals surface area contributed by atoms with Crippen LogP contribution in [0.3, 0.4) is 0 Å². The zero-order chi connectivity index (χ0) is 19.8. The van der Waals surface area contributed by atoms with Crippen LogP contribution in [0.5, 0.6) is 0 Å². The predicted molar refractivity (Wildman–Crippen MR) is 99.2 cm³/mol. The Labute approximate surface area is 156 Å². The van der Waals surface area contributed by atoms with Gasteiger partial charge >= 0.3 is 5.97 Å². The minimum atomic E-state index is -1.59. The Hall–Kier alpha value is -3.45. The number of carbonyl (C=O) groups is 3. The number of aliphatic carboxylic acids is 1. The van der Waals surface area contributed by atoms with Gasteiger partial charge in [-0.05, 0) is 17.2 Å². The number of aliphatic hydroxyl groups excluding tert-OH is 1. The minimum Gasteiger partial charge on any atom is -0.480 e. The molecular formula is C20H20N2O5. The van der Waals surface area contributed by atoms with E-state index in [0.29, 0.717) is 11.1 Å². The molecule has 0 saturated heterocycles. The third-order valence-electron chi connectivity index (χ3n) is 3.68. The molecule has 0 saturated carbocycles. The van der Waals surface area contributed by atoms with E-state index in [2.05, 4.69) is 10.6 Å². The number of carboxylic acids is 1. The second-order valence-corrected chi connectivity index (χ2v) is 5.79. The van der Waals surface area contributed by atoms with Crippen LogP contribution in [-0.2, 0) is 14.4 Å². The Bertz CT molecular complexity index is 834. The smallest absolute Gasteiger partial charge is 0.329 e. The maximum atomic E-state index is 12.6. The van der Waals surface area contributed by atoms with Gasteiger partial charge < -0.3 is 20.8 Å². The Balaban J connectivity index is 2.26. The van der Waals surface area contributed by atoms with Gasteiger partial charge in [0.2, 0.25) is 5.91 Å². The molecule has 0 aliphatic rings. The van der Waals surface area contributed by atoms with Crippen LogP contribution in [0.15, 0.2) is 66.4 Å². The van der Waals surface area contributed by atoms with Gasteiger partial charge in [0, 0.05) is 6.92 Å². The largest absolute Gasteiger partial charge is 0.480 e. The zero-order valence-corrected chi connectivity index (χ0v) is 14.6. The van der Waals surface area contributed by atoms with Crippen molar-refractivity contribution in [1.82, 2.24) is 10.6 Å². The molecule has 0 aliphatic carbocycles. The van der Waals surface area contributed by atoms with Gasteiger partial charge in [-0.15, -0.1) is 0 Å². The van der Waals surface area contributed by atoms with E-state index in [1.807, 2.05) is 0 Å². The molecule has 0 bridgehead atoms. The molecule has 0 heterocycles. The first-order valence-corrected chi connectivity index (χ1v) is 8.19. The van der Waals surface area contributed by atoms with Crippen LogP contribution >= 0.6 is 0 Å². The summed E-state index contributed by atoms with van der Waals surface area (Å²) in [4.78, 5) is 35.6. The number of nitrogens with one attached hydrogen (secondary N) is 2. The van der Waals surface area contributed by atoms with Crippen LogP contribution in [0.4, 0.5) is 0 Å². The molecule has 2 aromatic carbocycles. The summed E-state index contributed by atoms with van der Waals surface area (Å²) in [6, 6.07) is 15.3. The van der Waals surface area contributed by atoms with Crippen molar-refractivity contribution in [2.75, 3.05) is 0 Å². The van der Waals surface area contributed by atoms with E-state index in [4.69, 9.17) is 0 Å². The number of amides is 2. The van der Waals surface area contributed by atoms with Gasteiger partial charge in [0.05, 0.1) is 0 Å². The van der Waals surface area contributed by atoms with Crippen LogP contribution in [0.2, 0.25) is 0 Å². The Morgan fingerprint density at radius 3 is 2.04 bits per heavy atom. The SMILES string of the molecule is CC(=O)NC(=Cc1ccccc1)C(=O)N[C@H](C(=O)O)C(O)c1ccccc1. The molecule has 4 N–H and O–H groups in total. The van der Waals surface area contributed by atoms with E-state index in [1.54, 1.807) is 60.7 Å². The van der Waals surface area contributed by atoms with E-state index in [0.717, 1.165) is 0 Å². The second kappa shape index (κ2) is 9.30. The van der Waals surface area contributed by atoms with Crippen molar-refractivity contribution in [3.8, 4) is 0 Å². The maximum absolute atomic E-state index is 12.6. The Morgan fingerprint density at radius 1 is 0.963 bits per heavy atom. The Kier molecular flexibility index (Phi) is 6.85. The fraction of sp³-hybridized carbons (Fsp3) is 0.150. The van der Waals surface area contributed by atoms with Crippen molar-refractivity contribution in [1.29, 1.82) is 0 Å². The lowest BCUT2D eigenvalue weighted by molar-refractivity contribution is -0.144. The van der Waals surface area contributed by atoms with E-state index >= 15 is 0 Å². The topological polar surface area (TPSA) is 116 Å². The van der Waals surface area contributed by atoms with Crippen LogP contribution < -0.4 is 10.6 Å². The highest BCUT2D eigenvalue weighted by molar-refractivity contribution is 6.02. The fourth-order valence-electron chi connectivity index (χ4n) is 2.40. The molecule has 1 unspecified atom stereocenters. The van der Waals surface area contributed by atoms with Gasteiger partial charge in [0.15, 0.2) is 6.04 Å². The third kappa shape index (κ3) is 5.79. The summed E-state index contributed by atoms with van der Waals surface area (Å²) >= 11 is 0. The average Bonchev–Trinajstić information content (AvgIpc) is 2.65.